The normalized spacial score (nSPS) is 27.5. The Morgan fingerprint density at radius 3 is 2.86 bits per heavy atom. The molecule has 0 bridgehead atoms. The molecule has 0 spiro atoms. The Labute approximate surface area is 137 Å². The average Bonchev–Trinajstić information content (AvgIpc) is 2.45. The second-order valence-corrected chi connectivity index (χ2v) is 9.30. The van der Waals surface area contributed by atoms with Crippen LogP contribution in [-0.2, 0) is 4.74 Å². The van der Waals surface area contributed by atoms with Crippen molar-refractivity contribution in [2.24, 2.45) is 0 Å². The van der Waals surface area contributed by atoms with Gasteiger partial charge in [-0.05, 0) is 33.6 Å². The molecule has 0 saturated carbocycles. The number of nitrogens with one attached hydrogen (secondary N) is 1. The summed E-state index contributed by atoms with van der Waals surface area (Å²) in [5, 5.41) is 4.38. The smallest absolute Gasteiger partial charge is 0.410 e. The fourth-order valence-corrected chi connectivity index (χ4v) is 5.21. The molecule has 2 unspecified atom stereocenters. The Kier molecular flexibility index (Phi) is 6.56. The molecule has 0 aliphatic carbocycles. The minimum atomic E-state index is -0.409. The van der Waals surface area contributed by atoms with Crippen molar-refractivity contribution in [2.75, 3.05) is 36.9 Å². The standard InChI is InChI=1S/C15H28N2O2S2/c1-15(2,3)19-14(18)17-6-4-5-12(10-17)16-9-13-11-20-7-8-21-13/h12-13,16H,4-11H2,1-3H3. The van der Waals surface area contributed by atoms with Gasteiger partial charge < -0.3 is 15.0 Å². The first-order valence-electron chi connectivity index (χ1n) is 7.85. The summed E-state index contributed by atoms with van der Waals surface area (Å²) in [5.74, 6) is 3.81. The number of ether oxygens (including phenoxy) is 1. The number of hydrogen-bond donors (Lipinski definition) is 1. The quantitative estimate of drug-likeness (QED) is 0.861. The van der Waals surface area contributed by atoms with Crippen molar-refractivity contribution in [3.63, 3.8) is 0 Å². The number of rotatable bonds is 3. The Hall–Kier alpha value is -0.0700. The van der Waals surface area contributed by atoms with Gasteiger partial charge in [0, 0.05) is 48.2 Å². The molecule has 2 rings (SSSR count). The molecule has 4 nitrogen and oxygen atoms in total. The van der Waals surface area contributed by atoms with E-state index >= 15 is 0 Å². The zero-order valence-electron chi connectivity index (χ0n) is 13.4. The molecule has 122 valence electrons. The summed E-state index contributed by atoms with van der Waals surface area (Å²) < 4.78 is 5.47. The molecule has 2 heterocycles. The molecule has 2 atom stereocenters. The first kappa shape index (κ1) is 17.3. The first-order valence-corrected chi connectivity index (χ1v) is 10.0. The molecular formula is C15H28N2O2S2. The van der Waals surface area contributed by atoms with E-state index in [1.165, 1.54) is 17.3 Å². The van der Waals surface area contributed by atoms with Crippen LogP contribution in [0, 0.1) is 0 Å². The second kappa shape index (κ2) is 7.97. The Morgan fingerprint density at radius 2 is 2.19 bits per heavy atom. The number of piperidine rings is 1. The molecule has 1 amide bonds. The lowest BCUT2D eigenvalue weighted by molar-refractivity contribution is 0.0188. The van der Waals surface area contributed by atoms with E-state index in [0.717, 1.165) is 37.7 Å². The van der Waals surface area contributed by atoms with Crippen molar-refractivity contribution in [1.82, 2.24) is 10.2 Å². The first-order chi connectivity index (χ1) is 9.94. The molecule has 1 N–H and O–H groups in total. The predicted molar refractivity (Wildman–Crippen MR) is 92.4 cm³/mol. The largest absolute Gasteiger partial charge is 0.444 e. The van der Waals surface area contributed by atoms with E-state index in [1.807, 2.05) is 25.7 Å². The number of hydrogen-bond acceptors (Lipinski definition) is 5. The van der Waals surface area contributed by atoms with E-state index in [1.54, 1.807) is 0 Å². The van der Waals surface area contributed by atoms with Crippen LogP contribution in [0.15, 0.2) is 0 Å². The number of thioether (sulfide) groups is 2. The molecule has 2 aliphatic rings. The van der Waals surface area contributed by atoms with Gasteiger partial charge in [0.05, 0.1) is 0 Å². The SMILES string of the molecule is CC(C)(C)OC(=O)N1CCCC(NCC2CSCCS2)C1. The predicted octanol–water partition coefficient (Wildman–Crippen LogP) is 2.82. The highest BCUT2D eigenvalue weighted by atomic mass is 32.2. The average molecular weight is 333 g/mol. The van der Waals surface area contributed by atoms with E-state index in [2.05, 4.69) is 28.8 Å². The topological polar surface area (TPSA) is 41.6 Å². The molecule has 21 heavy (non-hydrogen) atoms. The third-order valence-corrected chi connectivity index (χ3v) is 6.44. The van der Waals surface area contributed by atoms with Gasteiger partial charge in [0.25, 0.3) is 0 Å². The van der Waals surface area contributed by atoms with Gasteiger partial charge in [-0.3, -0.25) is 0 Å². The van der Waals surface area contributed by atoms with Crippen molar-refractivity contribution in [3.8, 4) is 0 Å². The highest BCUT2D eigenvalue weighted by molar-refractivity contribution is 8.06. The number of likely N-dealkylation sites (tertiary alicyclic amines) is 1. The van der Waals surface area contributed by atoms with Crippen LogP contribution < -0.4 is 5.32 Å². The maximum Gasteiger partial charge on any atom is 0.410 e. The third kappa shape index (κ3) is 6.28. The van der Waals surface area contributed by atoms with Crippen LogP contribution in [0.5, 0.6) is 0 Å². The minimum absolute atomic E-state index is 0.170. The fourth-order valence-electron chi connectivity index (χ4n) is 2.59. The van der Waals surface area contributed by atoms with Gasteiger partial charge in [-0.2, -0.15) is 23.5 Å². The van der Waals surface area contributed by atoms with E-state index in [-0.39, 0.29) is 6.09 Å². The van der Waals surface area contributed by atoms with Gasteiger partial charge in [0.1, 0.15) is 5.60 Å². The van der Waals surface area contributed by atoms with Crippen molar-refractivity contribution in [1.29, 1.82) is 0 Å². The second-order valence-electron chi connectivity index (χ2n) is 6.74. The summed E-state index contributed by atoms with van der Waals surface area (Å²) in [6.45, 7) is 8.42. The zero-order chi connectivity index (χ0) is 15.3. The van der Waals surface area contributed by atoms with Gasteiger partial charge in [0.2, 0.25) is 0 Å². The summed E-state index contributed by atoms with van der Waals surface area (Å²) >= 11 is 4.13. The van der Waals surface area contributed by atoms with Crippen molar-refractivity contribution >= 4 is 29.6 Å². The fraction of sp³-hybridized carbons (Fsp3) is 0.933. The minimum Gasteiger partial charge on any atom is -0.444 e. The van der Waals surface area contributed by atoms with Crippen LogP contribution in [0.4, 0.5) is 4.79 Å². The lowest BCUT2D eigenvalue weighted by Crippen LogP contribution is -2.50. The number of nitrogens with zero attached hydrogens (tertiary/aromatic N) is 1. The van der Waals surface area contributed by atoms with Crippen LogP contribution in [0.3, 0.4) is 0 Å². The summed E-state index contributed by atoms with van der Waals surface area (Å²) in [5.41, 5.74) is -0.409. The molecule has 0 aromatic heterocycles. The highest BCUT2D eigenvalue weighted by Crippen LogP contribution is 2.24. The number of amides is 1. The molecule has 2 aliphatic heterocycles. The van der Waals surface area contributed by atoms with E-state index < -0.39 is 5.60 Å². The number of carbonyl (C=O) groups excluding carboxylic acids is 1. The van der Waals surface area contributed by atoms with Gasteiger partial charge in [-0.15, -0.1) is 0 Å². The van der Waals surface area contributed by atoms with Crippen molar-refractivity contribution in [2.45, 2.75) is 50.5 Å². The molecular weight excluding hydrogens is 304 g/mol. The summed E-state index contributed by atoms with van der Waals surface area (Å²) in [7, 11) is 0. The van der Waals surface area contributed by atoms with Crippen LogP contribution in [0.1, 0.15) is 33.6 Å². The third-order valence-electron chi connectivity index (χ3n) is 3.59. The Bertz CT molecular complexity index is 341. The zero-order valence-corrected chi connectivity index (χ0v) is 15.0. The molecule has 0 radical (unpaired) electrons. The maximum absolute atomic E-state index is 12.1. The molecule has 6 heteroatoms. The molecule has 0 aromatic carbocycles. The van der Waals surface area contributed by atoms with Gasteiger partial charge in [-0.25, -0.2) is 4.79 Å². The van der Waals surface area contributed by atoms with Crippen LogP contribution in [0.2, 0.25) is 0 Å². The van der Waals surface area contributed by atoms with E-state index in [0.29, 0.717) is 6.04 Å². The van der Waals surface area contributed by atoms with Gasteiger partial charge in [-0.1, -0.05) is 0 Å². The van der Waals surface area contributed by atoms with Crippen LogP contribution >= 0.6 is 23.5 Å². The van der Waals surface area contributed by atoms with Gasteiger partial charge in [0.15, 0.2) is 0 Å². The summed E-state index contributed by atoms with van der Waals surface area (Å²) in [6, 6.07) is 0.416. The Balaban J connectivity index is 1.73. The van der Waals surface area contributed by atoms with E-state index in [9.17, 15) is 4.79 Å². The Morgan fingerprint density at radius 1 is 1.38 bits per heavy atom. The maximum atomic E-state index is 12.1. The lowest BCUT2D eigenvalue weighted by Gasteiger charge is -2.35. The molecule has 2 fully saturated rings. The summed E-state index contributed by atoms with van der Waals surface area (Å²) in [4.78, 5) is 14.0. The molecule has 0 aromatic rings. The molecule has 2 saturated heterocycles. The van der Waals surface area contributed by atoms with Gasteiger partial charge >= 0.3 is 6.09 Å². The lowest BCUT2D eigenvalue weighted by atomic mass is 10.1. The number of carbonyl (C=O) groups is 1. The van der Waals surface area contributed by atoms with Crippen molar-refractivity contribution in [3.05, 3.63) is 0 Å². The van der Waals surface area contributed by atoms with Crippen LogP contribution in [0.25, 0.3) is 0 Å². The highest BCUT2D eigenvalue weighted by Gasteiger charge is 2.28. The monoisotopic (exact) mass is 332 g/mol. The summed E-state index contributed by atoms with van der Waals surface area (Å²) in [6.07, 6.45) is 2.05. The van der Waals surface area contributed by atoms with Crippen molar-refractivity contribution < 1.29 is 9.53 Å². The van der Waals surface area contributed by atoms with Crippen LogP contribution in [-0.4, -0.2) is 64.8 Å². The van der Waals surface area contributed by atoms with E-state index in [4.69, 9.17) is 4.74 Å².